The average molecular weight is 403 g/mol. The first-order valence-corrected chi connectivity index (χ1v) is 9.56. The zero-order valence-corrected chi connectivity index (χ0v) is 16.8. The van der Waals surface area contributed by atoms with Gasteiger partial charge >= 0.3 is 0 Å². The number of halogens is 1. The van der Waals surface area contributed by atoms with Crippen molar-refractivity contribution >= 4 is 23.2 Å². The van der Waals surface area contributed by atoms with Crippen LogP contribution in [0.25, 0.3) is 17.1 Å². The predicted molar refractivity (Wildman–Crippen MR) is 116 cm³/mol. The highest BCUT2D eigenvalue weighted by atomic mass is 35.5. The van der Waals surface area contributed by atoms with Crippen molar-refractivity contribution < 1.29 is 4.79 Å². The summed E-state index contributed by atoms with van der Waals surface area (Å²) in [5, 5.41) is 7.97. The molecule has 0 unspecified atom stereocenters. The van der Waals surface area contributed by atoms with Gasteiger partial charge in [-0.2, -0.15) is 0 Å². The van der Waals surface area contributed by atoms with Crippen LogP contribution >= 0.6 is 11.6 Å². The van der Waals surface area contributed by atoms with E-state index in [4.69, 9.17) is 11.6 Å². The molecule has 29 heavy (non-hydrogen) atoms. The van der Waals surface area contributed by atoms with Crippen molar-refractivity contribution in [1.82, 2.24) is 14.8 Å². The summed E-state index contributed by atoms with van der Waals surface area (Å²) < 4.78 is 1.69. The Labute approximate surface area is 174 Å². The number of nitrogens with zero attached hydrogens (tertiary/aromatic N) is 3. The van der Waals surface area contributed by atoms with Crippen LogP contribution in [-0.4, -0.2) is 20.7 Å². The second kappa shape index (κ2) is 7.89. The maximum absolute atomic E-state index is 12.8. The minimum absolute atomic E-state index is 0.0877. The van der Waals surface area contributed by atoms with E-state index >= 15 is 0 Å². The van der Waals surface area contributed by atoms with Crippen molar-refractivity contribution in [2.75, 3.05) is 5.32 Å². The highest BCUT2D eigenvalue weighted by Crippen LogP contribution is 2.25. The van der Waals surface area contributed by atoms with Gasteiger partial charge < -0.3 is 5.32 Å². The highest BCUT2D eigenvalue weighted by molar-refractivity contribution is 6.30. The average Bonchev–Trinajstić information content (AvgIpc) is 3.14. The van der Waals surface area contributed by atoms with E-state index in [-0.39, 0.29) is 11.7 Å². The zero-order valence-electron chi connectivity index (χ0n) is 16.1. The van der Waals surface area contributed by atoms with Gasteiger partial charge in [0, 0.05) is 16.3 Å². The molecule has 4 rings (SSSR count). The lowest BCUT2D eigenvalue weighted by molar-refractivity contribution is 0.101. The topological polar surface area (TPSA) is 59.8 Å². The Balaban J connectivity index is 1.79. The lowest BCUT2D eigenvalue weighted by Gasteiger charge is -2.08. The summed E-state index contributed by atoms with van der Waals surface area (Å²) in [6.07, 6.45) is 0. The van der Waals surface area contributed by atoms with Crippen LogP contribution in [-0.2, 0) is 0 Å². The Bertz CT molecular complexity index is 1200. The molecule has 0 radical (unpaired) electrons. The molecule has 0 aliphatic heterocycles. The van der Waals surface area contributed by atoms with Gasteiger partial charge in [0.05, 0.1) is 5.69 Å². The molecule has 0 saturated carbocycles. The van der Waals surface area contributed by atoms with Gasteiger partial charge in [-0.1, -0.05) is 54.1 Å². The molecule has 1 amide bonds. The minimum atomic E-state index is -0.369. The van der Waals surface area contributed by atoms with E-state index in [2.05, 4.69) is 15.4 Å². The van der Waals surface area contributed by atoms with Crippen LogP contribution in [0, 0.1) is 13.8 Å². The minimum Gasteiger partial charge on any atom is -0.319 e. The van der Waals surface area contributed by atoms with E-state index in [1.54, 1.807) is 10.7 Å². The molecule has 6 heteroatoms. The zero-order chi connectivity index (χ0) is 20.4. The quantitative estimate of drug-likeness (QED) is 0.493. The van der Waals surface area contributed by atoms with E-state index in [0.717, 1.165) is 22.4 Å². The van der Waals surface area contributed by atoms with Crippen LogP contribution in [0.4, 0.5) is 5.69 Å². The molecule has 4 aromatic rings. The number of carbonyl (C=O) groups is 1. The Morgan fingerprint density at radius 2 is 1.76 bits per heavy atom. The third kappa shape index (κ3) is 4.05. The molecule has 0 spiro atoms. The molecule has 144 valence electrons. The SMILES string of the molecule is Cc1cccc(NC(=O)c2nc(-c3cccc(Cl)c3)n(-c3ccccc3C)n2)c1. The molecular weight excluding hydrogens is 384 g/mol. The van der Waals surface area contributed by atoms with Gasteiger partial charge in [-0.25, -0.2) is 9.67 Å². The Hall–Kier alpha value is -3.44. The van der Waals surface area contributed by atoms with E-state index in [1.807, 2.05) is 80.6 Å². The lowest BCUT2D eigenvalue weighted by atomic mass is 10.2. The van der Waals surface area contributed by atoms with Crippen LogP contribution in [0.5, 0.6) is 0 Å². The predicted octanol–water partition coefficient (Wildman–Crippen LogP) is 5.46. The number of hydrogen-bond donors (Lipinski definition) is 1. The summed E-state index contributed by atoms with van der Waals surface area (Å²) in [6.45, 7) is 3.96. The number of rotatable bonds is 4. The molecule has 1 aromatic heterocycles. The van der Waals surface area contributed by atoms with Crippen LogP contribution < -0.4 is 5.32 Å². The number of anilines is 1. The van der Waals surface area contributed by atoms with Gasteiger partial charge in [0.2, 0.25) is 5.82 Å². The molecule has 0 atom stereocenters. The van der Waals surface area contributed by atoms with Gasteiger partial charge in [0.15, 0.2) is 5.82 Å². The maximum atomic E-state index is 12.8. The van der Waals surface area contributed by atoms with Gasteiger partial charge in [0.1, 0.15) is 0 Å². The van der Waals surface area contributed by atoms with E-state index < -0.39 is 0 Å². The van der Waals surface area contributed by atoms with E-state index in [9.17, 15) is 4.79 Å². The second-order valence-corrected chi connectivity index (χ2v) is 7.23. The summed E-state index contributed by atoms with van der Waals surface area (Å²) in [5.41, 5.74) is 4.41. The summed E-state index contributed by atoms with van der Waals surface area (Å²) in [7, 11) is 0. The molecule has 0 bridgehead atoms. The first-order chi connectivity index (χ1) is 14.0. The lowest BCUT2D eigenvalue weighted by Crippen LogP contribution is -2.14. The van der Waals surface area contributed by atoms with Crippen molar-refractivity contribution in [3.8, 4) is 17.1 Å². The van der Waals surface area contributed by atoms with E-state index in [0.29, 0.717) is 16.5 Å². The summed E-state index contributed by atoms with van der Waals surface area (Å²) in [4.78, 5) is 17.4. The molecule has 0 aliphatic carbocycles. The standard InChI is InChI=1S/C23H19ClN4O/c1-15-7-5-11-19(13-15)25-23(29)21-26-22(17-9-6-10-18(24)14-17)28(27-21)20-12-4-3-8-16(20)2/h3-14H,1-2H3,(H,25,29). The van der Waals surface area contributed by atoms with E-state index in [1.165, 1.54) is 0 Å². The first kappa shape index (κ1) is 18.9. The summed E-state index contributed by atoms with van der Waals surface area (Å²) in [5.74, 6) is 0.270. The molecular formula is C23H19ClN4O. The number of nitrogens with one attached hydrogen (secondary N) is 1. The van der Waals surface area contributed by atoms with Crippen molar-refractivity contribution in [3.63, 3.8) is 0 Å². The number of aryl methyl sites for hydroxylation is 2. The molecule has 5 nitrogen and oxygen atoms in total. The number of para-hydroxylation sites is 1. The molecule has 0 aliphatic rings. The van der Waals surface area contributed by atoms with Crippen molar-refractivity contribution in [3.05, 3.63) is 94.8 Å². The molecule has 3 aromatic carbocycles. The third-order valence-corrected chi connectivity index (χ3v) is 4.75. The molecule has 1 heterocycles. The number of hydrogen-bond acceptors (Lipinski definition) is 3. The van der Waals surface area contributed by atoms with Gasteiger partial charge in [-0.15, -0.1) is 5.10 Å². The van der Waals surface area contributed by atoms with Gasteiger partial charge in [-0.05, 0) is 55.3 Å². The normalized spacial score (nSPS) is 10.7. The van der Waals surface area contributed by atoms with Gasteiger partial charge in [-0.3, -0.25) is 4.79 Å². The molecule has 0 saturated heterocycles. The van der Waals surface area contributed by atoms with Crippen molar-refractivity contribution in [1.29, 1.82) is 0 Å². The van der Waals surface area contributed by atoms with Crippen LogP contribution in [0.1, 0.15) is 21.7 Å². The second-order valence-electron chi connectivity index (χ2n) is 6.79. The third-order valence-electron chi connectivity index (χ3n) is 4.51. The number of benzene rings is 3. The molecule has 0 fully saturated rings. The largest absolute Gasteiger partial charge is 0.319 e. The summed E-state index contributed by atoms with van der Waals surface area (Å²) >= 11 is 6.18. The monoisotopic (exact) mass is 402 g/mol. The Kier molecular flexibility index (Phi) is 5.14. The number of carbonyl (C=O) groups excluding carboxylic acids is 1. The van der Waals surface area contributed by atoms with Gasteiger partial charge in [0.25, 0.3) is 5.91 Å². The summed E-state index contributed by atoms with van der Waals surface area (Å²) in [6, 6.07) is 22.8. The van der Waals surface area contributed by atoms with Crippen molar-refractivity contribution in [2.45, 2.75) is 13.8 Å². The maximum Gasteiger partial charge on any atom is 0.295 e. The fourth-order valence-electron chi connectivity index (χ4n) is 3.10. The molecule has 1 N–H and O–H groups in total. The fraction of sp³-hybridized carbons (Fsp3) is 0.0870. The van der Waals surface area contributed by atoms with Crippen molar-refractivity contribution in [2.24, 2.45) is 0 Å². The van der Waals surface area contributed by atoms with Crippen LogP contribution in [0.3, 0.4) is 0 Å². The Morgan fingerprint density at radius 1 is 0.966 bits per heavy atom. The smallest absolute Gasteiger partial charge is 0.295 e. The number of aromatic nitrogens is 3. The Morgan fingerprint density at radius 3 is 2.52 bits per heavy atom. The van der Waals surface area contributed by atoms with Crippen LogP contribution in [0.2, 0.25) is 5.02 Å². The highest BCUT2D eigenvalue weighted by Gasteiger charge is 2.20. The van der Waals surface area contributed by atoms with Crippen LogP contribution in [0.15, 0.2) is 72.8 Å². The first-order valence-electron chi connectivity index (χ1n) is 9.18. The fourth-order valence-corrected chi connectivity index (χ4v) is 3.29. The number of amides is 1.